The molecule has 0 unspecified atom stereocenters. The van der Waals surface area contributed by atoms with Crippen LogP contribution in [0.3, 0.4) is 0 Å². The molecular formula is C18H16ClN3O4S. The Hall–Kier alpha value is -2.58. The molecule has 27 heavy (non-hydrogen) atoms. The molecule has 1 aliphatic heterocycles. The van der Waals surface area contributed by atoms with Crippen molar-refractivity contribution in [3.63, 3.8) is 0 Å². The van der Waals surface area contributed by atoms with Crippen molar-refractivity contribution in [2.45, 2.75) is 6.92 Å². The number of carbonyl (C=O) groups is 1. The number of rotatable bonds is 5. The molecule has 9 heteroatoms. The summed E-state index contributed by atoms with van der Waals surface area (Å²) in [6, 6.07) is 11.4. The number of hydrogen-bond acceptors (Lipinski definition) is 6. The summed E-state index contributed by atoms with van der Waals surface area (Å²) in [4.78, 5) is 29.1. The van der Waals surface area contributed by atoms with Gasteiger partial charge < -0.3 is 4.74 Å². The van der Waals surface area contributed by atoms with Gasteiger partial charge in [-0.15, -0.1) is 0 Å². The van der Waals surface area contributed by atoms with Crippen molar-refractivity contribution in [2.24, 2.45) is 4.99 Å². The Kier molecular flexibility index (Phi) is 5.98. The zero-order valence-electron chi connectivity index (χ0n) is 14.4. The highest BCUT2D eigenvalue weighted by molar-refractivity contribution is 8.14. The minimum absolute atomic E-state index is 0.0619. The number of amidine groups is 1. The molecule has 1 saturated heterocycles. The molecule has 0 spiro atoms. The normalized spacial score (nSPS) is 15.2. The topological polar surface area (TPSA) is 85.0 Å². The Morgan fingerprint density at radius 3 is 2.89 bits per heavy atom. The first-order valence-corrected chi connectivity index (χ1v) is 9.47. The smallest absolute Gasteiger partial charge is 0.310 e. The van der Waals surface area contributed by atoms with Gasteiger partial charge in [-0.3, -0.25) is 19.8 Å². The molecule has 7 nitrogen and oxygen atoms in total. The Morgan fingerprint density at radius 2 is 2.11 bits per heavy atom. The van der Waals surface area contributed by atoms with E-state index in [2.05, 4.69) is 4.99 Å². The molecule has 0 aliphatic carbocycles. The standard InChI is InChI=1S/C18H16ClN3O4S/c1-12-13(19)5-4-6-14(12)20-18-21(9-10-27-18)17(23)11-26-16-8-3-2-7-15(16)22(24)25/h2-8H,9-11H2,1H3. The molecule has 0 aromatic heterocycles. The third-order valence-corrected chi connectivity index (χ3v) is 5.31. The third-order valence-electron chi connectivity index (χ3n) is 3.95. The monoisotopic (exact) mass is 405 g/mol. The van der Waals surface area contributed by atoms with Crippen LogP contribution in [0.5, 0.6) is 5.75 Å². The second-order valence-corrected chi connectivity index (χ2v) is 7.15. The van der Waals surface area contributed by atoms with E-state index in [1.165, 1.54) is 28.8 Å². The molecule has 2 aromatic rings. The van der Waals surface area contributed by atoms with Crippen LogP contribution in [0.4, 0.5) is 11.4 Å². The summed E-state index contributed by atoms with van der Waals surface area (Å²) >= 11 is 7.59. The minimum Gasteiger partial charge on any atom is -0.477 e. The summed E-state index contributed by atoms with van der Waals surface area (Å²) in [7, 11) is 0. The summed E-state index contributed by atoms with van der Waals surface area (Å²) in [6.45, 7) is 2.06. The molecule has 1 heterocycles. The lowest BCUT2D eigenvalue weighted by atomic mass is 10.2. The number of amides is 1. The van der Waals surface area contributed by atoms with Gasteiger partial charge in [-0.05, 0) is 30.7 Å². The van der Waals surface area contributed by atoms with Gasteiger partial charge in [0.1, 0.15) is 0 Å². The van der Waals surface area contributed by atoms with Gasteiger partial charge in [0, 0.05) is 23.4 Å². The second kappa shape index (κ2) is 8.41. The lowest BCUT2D eigenvalue weighted by Gasteiger charge is -2.16. The van der Waals surface area contributed by atoms with Crippen LogP contribution >= 0.6 is 23.4 Å². The van der Waals surface area contributed by atoms with E-state index in [-0.39, 0.29) is 24.0 Å². The van der Waals surface area contributed by atoms with Gasteiger partial charge >= 0.3 is 5.69 Å². The molecule has 1 fully saturated rings. The van der Waals surface area contributed by atoms with E-state index in [4.69, 9.17) is 16.3 Å². The van der Waals surface area contributed by atoms with Crippen molar-refractivity contribution < 1.29 is 14.5 Å². The first-order valence-electron chi connectivity index (χ1n) is 8.10. The lowest BCUT2D eigenvalue weighted by Crippen LogP contribution is -2.35. The average molecular weight is 406 g/mol. The first kappa shape index (κ1) is 19.2. The van der Waals surface area contributed by atoms with E-state index in [1.807, 2.05) is 13.0 Å². The fourth-order valence-corrected chi connectivity index (χ4v) is 3.63. The predicted molar refractivity (Wildman–Crippen MR) is 106 cm³/mol. The van der Waals surface area contributed by atoms with E-state index in [0.717, 1.165) is 11.3 Å². The van der Waals surface area contributed by atoms with Crippen LogP contribution in [0.1, 0.15) is 5.56 Å². The fourth-order valence-electron chi connectivity index (χ4n) is 2.49. The van der Waals surface area contributed by atoms with Crippen molar-refractivity contribution in [2.75, 3.05) is 18.9 Å². The van der Waals surface area contributed by atoms with Gasteiger partial charge in [-0.2, -0.15) is 0 Å². The van der Waals surface area contributed by atoms with Crippen molar-refractivity contribution in [1.82, 2.24) is 4.90 Å². The number of hydrogen-bond donors (Lipinski definition) is 0. The van der Waals surface area contributed by atoms with Gasteiger partial charge in [-0.25, -0.2) is 4.99 Å². The highest BCUT2D eigenvalue weighted by Gasteiger charge is 2.27. The maximum absolute atomic E-state index is 12.6. The average Bonchev–Trinajstić information content (AvgIpc) is 3.12. The maximum atomic E-state index is 12.6. The molecule has 1 amide bonds. The summed E-state index contributed by atoms with van der Waals surface area (Å²) in [5, 5.41) is 12.2. The lowest BCUT2D eigenvalue weighted by molar-refractivity contribution is -0.385. The second-order valence-electron chi connectivity index (χ2n) is 5.69. The number of aliphatic imine (C=N–C) groups is 1. The van der Waals surface area contributed by atoms with Crippen molar-refractivity contribution in [3.8, 4) is 5.75 Å². The fraction of sp³-hybridized carbons (Fsp3) is 0.222. The Morgan fingerprint density at radius 1 is 1.33 bits per heavy atom. The van der Waals surface area contributed by atoms with Crippen LogP contribution in [0, 0.1) is 17.0 Å². The zero-order valence-corrected chi connectivity index (χ0v) is 16.0. The maximum Gasteiger partial charge on any atom is 0.310 e. The quantitative estimate of drug-likeness (QED) is 0.549. The van der Waals surface area contributed by atoms with Gasteiger partial charge in [-0.1, -0.05) is 41.6 Å². The molecule has 140 valence electrons. The van der Waals surface area contributed by atoms with Gasteiger partial charge in [0.15, 0.2) is 17.5 Å². The van der Waals surface area contributed by atoms with E-state index >= 15 is 0 Å². The summed E-state index contributed by atoms with van der Waals surface area (Å²) < 4.78 is 5.40. The number of carbonyl (C=O) groups excluding carboxylic acids is 1. The van der Waals surface area contributed by atoms with Crippen LogP contribution in [0.2, 0.25) is 5.02 Å². The molecule has 0 bridgehead atoms. The van der Waals surface area contributed by atoms with E-state index in [0.29, 0.717) is 22.4 Å². The van der Waals surface area contributed by atoms with Crippen LogP contribution in [-0.2, 0) is 4.79 Å². The Bertz CT molecular complexity index is 919. The number of nitrogens with zero attached hydrogens (tertiary/aromatic N) is 3. The van der Waals surface area contributed by atoms with Crippen LogP contribution in [0.25, 0.3) is 0 Å². The number of halogens is 1. The van der Waals surface area contributed by atoms with Crippen LogP contribution in [0.15, 0.2) is 47.5 Å². The number of ether oxygens (including phenoxy) is 1. The molecule has 0 atom stereocenters. The van der Waals surface area contributed by atoms with Gasteiger partial charge in [0.25, 0.3) is 5.91 Å². The van der Waals surface area contributed by atoms with Gasteiger partial charge in [0.2, 0.25) is 0 Å². The molecular weight excluding hydrogens is 390 g/mol. The highest BCUT2D eigenvalue weighted by atomic mass is 35.5. The molecule has 0 saturated carbocycles. The first-order chi connectivity index (χ1) is 13.0. The zero-order chi connectivity index (χ0) is 19.4. The Balaban J connectivity index is 1.74. The van der Waals surface area contributed by atoms with Gasteiger partial charge in [0.05, 0.1) is 10.6 Å². The molecule has 2 aromatic carbocycles. The van der Waals surface area contributed by atoms with E-state index in [1.54, 1.807) is 24.3 Å². The Labute approximate surface area is 165 Å². The van der Waals surface area contributed by atoms with E-state index in [9.17, 15) is 14.9 Å². The van der Waals surface area contributed by atoms with Crippen molar-refractivity contribution in [1.29, 1.82) is 0 Å². The van der Waals surface area contributed by atoms with Crippen LogP contribution in [-0.4, -0.2) is 39.8 Å². The number of para-hydroxylation sites is 2. The number of benzene rings is 2. The van der Waals surface area contributed by atoms with Crippen LogP contribution < -0.4 is 4.74 Å². The largest absolute Gasteiger partial charge is 0.477 e. The molecule has 1 aliphatic rings. The minimum atomic E-state index is -0.541. The van der Waals surface area contributed by atoms with Crippen molar-refractivity contribution in [3.05, 3.63) is 63.2 Å². The summed E-state index contributed by atoms with van der Waals surface area (Å²) in [6.07, 6.45) is 0. The number of nitro groups is 1. The molecule has 0 radical (unpaired) electrons. The molecule has 3 rings (SSSR count). The molecule has 0 N–H and O–H groups in total. The predicted octanol–water partition coefficient (Wildman–Crippen LogP) is 4.20. The number of thioether (sulfide) groups is 1. The summed E-state index contributed by atoms with van der Waals surface area (Å²) in [5.41, 5.74) is 1.36. The SMILES string of the molecule is Cc1c(Cl)cccc1N=C1SCCN1C(=O)COc1ccccc1[N+](=O)[O-]. The highest BCUT2D eigenvalue weighted by Crippen LogP contribution is 2.29. The van der Waals surface area contributed by atoms with Crippen molar-refractivity contribution >= 4 is 45.8 Å². The van der Waals surface area contributed by atoms with E-state index < -0.39 is 4.92 Å². The third kappa shape index (κ3) is 4.40. The summed E-state index contributed by atoms with van der Waals surface area (Å²) in [5.74, 6) is 0.471. The number of nitro benzene ring substituents is 1.